The molecule has 6 nitrogen and oxygen atoms in total. The average Bonchev–Trinajstić information content (AvgIpc) is 2.84. The number of halogens is 1. The van der Waals surface area contributed by atoms with E-state index in [9.17, 15) is 13.2 Å². The van der Waals surface area contributed by atoms with Gasteiger partial charge in [-0.1, -0.05) is 11.6 Å². The Morgan fingerprint density at radius 1 is 1.32 bits per heavy atom. The molecule has 0 saturated heterocycles. The Balaban J connectivity index is 2.37. The standard InChI is InChI=1S/C14H15ClN2O4S/c1-9-6-10(15)4-5-12(9)16-22(19,20)11-7-13(14(18)21-3)17(2)8-11/h4-8,16H,1-3H3. The number of hydrogen-bond acceptors (Lipinski definition) is 4. The van der Waals surface area contributed by atoms with Gasteiger partial charge in [-0.05, 0) is 36.8 Å². The molecule has 0 amide bonds. The number of esters is 1. The monoisotopic (exact) mass is 342 g/mol. The molecule has 2 rings (SSSR count). The molecule has 0 aliphatic carbocycles. The van der Waals surface area contributed by atoms with Crippen molar-refractivity contribution in [2.24, 2.45) is 7.05 Å². The molecular formula is C14H15ClN2O4S. The van der Waals surface area contributed by atoms with Crippen LogP contribution >= 0.6 is 11.6 Å². The first-order chi connectivity index (χ1) is 10.2. The van der Waals surface area contributed by atoms with Gasteiger partial charge in [0.2, 0.25) is 0 Å². The lowest BCUT2D eigenvalue weighted by Gasteiger charge is -2.09. The number of ether oxygens (including phenoxy) is 1. The summed E-state index contributed by atoms with van der Waals surface area (Å²) in [6, 6.07) is 6.10. The van der Waals surface area contributed by atoms with E-state index in [1.54, 1.807) is 32.2 Å². The van der Waals surface area contributed by atoms with Gasteiger partial charge in [0.1, 0.15) is 10.6 Å². The van der Waals surface area contributed by atoms with Crippen LogP contribution in [-0.4, -0.2) is 26.1 Å². The highest BCUT2D eigenvalue weighted by molar-refractivity contribution is 7.92. The zero-order chi connectivity index (χ0) is 16.5. The second-order valence-corrected chi connectivity index (χ2v) is 6.85. The van der Waals surface area contributed by atoms with Crippen molar-refractivity contribution in [3.63, 3.8) is 0 Å². The third-order valence-corrected chi connectivity index (χ3v) is 4.69. The number of benzene rings is 1. The normalized spacial score (nSPS) is 11.3. The number of sulfonamides is 1. The summed E-state index contributed by atoms with van der Waals surface area (Å²) in [4.78, 5) is 11.5. The fourth-order valence-electron chi connectivity index (χ4n) is 1.93. The maximum atomic E-state index is 12.4. The summed E-state index contributed by atoms with van der Waals surface area (Å²) < 4.78 is 33.3. The predicted octanol–water partition coefficient (Wildman–Crippen LogP) is 2.57. The first kappa shape index (κ1) is 16.4. The topological polar surface area (TPSA) is 77.4 Å². The van der Waals surface area contributed by atoms with Gasteiger partial charge in [0.15, 0.2) is 0 Å². The first-order valence-corrected chi connectivity index (χ1v) is 8.14. The highest BCUT2D eigenvalue weighted by atomic mass is 35.5. The summed E-state index contributed by atoms with van der Waals surface area (Å²) in [6.07, 6.45) is 1.35. The van der Waals surface area contributed by atoms with Crippen molar-refractivity contribution in [2.75, 3.05) is 11.8 Å². The molecule has 0 bridgehead atoms. The molecule has 0 aliphatic heterocycles. The Kier molecular flexibility index (Phi) is 4.48. The summed E-state index contributed by atoms with van der Waals surface area (Å²) in [6.45, 7) is 1.74. The van der Waals surface area contributed by atoms with Crippen molar-refractivity contribution in [1.82, 2.24) is 4.57 Å². The third kappa shape index (κ3) is 3.26. The van der Waals surface area contributed by atoms with E-state index in [4.69, 9.17) is 11.6 Å². The maximum Gasteiger partial charge on any atom is 0.354 e. The van der Waals surface area contributed by atoms with Crippen LogP contribution in [-0.2, 0) is 21.8 Å². The van der Waals surface area contributed by atoms with Gasteiger partial charge in [0.25, 0.3) is 10.0 Å². The van der Waals surface area contributed by atoms with Crippen molar-refractivity contribution < 1.29 is 17.9 Å². The first-order valence-electron chi connectivity index (χ1n) is 6.28. The zero-order valence-corrected chi connectivity index (χ0v) is 13.8. The highest BCUT2D eigenvalue weighted by Crippen LogP contribution is 2.23. The lowest BCUT2D eigenvalue weighted by Crippen LogP contribution is -2.13. The Labute approximate surface area is 133 Å². The SMILES string of the molecule is COC(=O)c1cc(S(=O)(=O)Nc2ccc(Cl)cc2C)cn1C. The third-order valence-electron chi connectivity index (χ3n) is 3.12. The smallest absolute Gasteiger partial charge is 0.354 e. The van der Waals surface area contributed by atoms with Gasteiger partial charge in [-0.2, -0.15) is 0 Å². The minimum absolute atomic E-state index is 0.0234. The van der Waals surface area contributed by atoms with Crippen LogP contribution in [0.2, 0.25) is 5.02 Å². The molecule has 8 heteroatoms. The molecule has 118 valence electrons. The quantitative estimate of drug-likeness (QED) is 0.866. The van der Waals surface area contributed by atoms with Gasteiger partial charge in [-0.3, -0.25) is 4.72 Å². The molecule has 1 heterocycles. The molecule has 0 atom stereocenters. The molecule has 1 N–H and O–H groups in total. The van der Waals surface area contributed by atoms with Crippen molar-refractivity contribution in [2.45, 2.75) is 11.8 Å². The van der Waals surface area contributed by atoms with Crippen LogP contribution in [0, 0.1) is 6.92 Å². The van der Waals surface area contributed by atoms with Gasteiger partial charge in [0, 0.05) is 18.3 Å². The van der Waals surface area contributed by atoms with Crippen molar-refractivity contribution >= 4 is 33.3 Å². The molecule has 0 radical (unpaired) electrons. The van der Waals surface area contributed by atoms with Crippen molar-refractivity contribution in [3.05, 3.63) is 46.7 Å². The lowest BCUT2D eigenvalue weighted by molar-refractivity contribution is 0.0590. The van der Waals surface area contributed by atoms with E-state index in [-0.39, 0.29) is 10.6 Å². The number of aryl methyl sites for hydroxylation is 2. The predicted molar refractivity (Wildman–Crippen MR) is 83.8 cm³/mol. The maximum absolute atomic E-state index is 12.4. The lowest BCUT2D eigenvalue weighted by atomic mass is 10.2. The molecular weight excluding hydrogens is 328 g/mol. The number of methoxy groups -OCH3 is 1. The van der Waals surface area contributed by atoms with Crippen LogP contribution in [0.15, 0.2) is 35.4 Å². The van der Waals surface area contributed by atoms with E-state index in [1.807, 2.05) is 0 Å². The Hall–Kier alpha value is -1.99. The molecule has 0 saturated carbocycles. The number of carbonyl (C=O) groups is 1. The molecule has 1 aromatic carbocycles. The molecule has 2 aromatic rings. The van der Waals surface area contributed by atoms with E-state index >= 15 is 0 Å². The molecule has 0 unspecified atom stereocenters. The number of nitrogens with zero attached hydrogens (tertiary/aromatic N) is 1. The second kappa shape index (κ2) is 6.02. The van der Waals surface area contributed by atoms with Crippen LogP contribution in [0.5, 0.6) is 0 Å². The number of anilines is 1. The molecule has 0 spiro atoms. The van der Waals surface area contributed by atoms with Gasteiger partial charge < -0.3 is 9.30 Å². The number of carbonyl (C=O) groups excluding carboxylic acids is 1. The fraction of sp³-hybridized carbons (Fsp3) is 0.214. The molecule has 0 aliphatic rings. The van der Waals surface area contributed by atoms with E-state index < -0.39 is 16.0 Å². The average molecular weight is 343 g/mol. The number of aromatic nitrogens is 1. The summed E-state index contributed by atoms with van der Waals surface area (Å²) >= 11 is 5.85. The van der Waals surface area contributed by atoms with Gasteiger partial charge in [0.05, 0.1) is 12.8 Å². The van der Waals surface area contributed by atoms with Crippen LogP contribution in [0.1, 0.15) is 16.1 Å². The summed E-state index contributed by atoms with van der Waals surface area (Å²) in [5.41, 5.74) is 1.27. The molecule has 0 fully saturated rings. The largest absolute Gasteiger partial charge is 0.464 e. The van der Waals surface area contributed by atoms with E-state index in [2.05, 4.69) is 9.46 Å². The Morgan fingerprint density at radius 2 is 2.00 bits per heavy atom. The van der Waals surface area contributed by atoms with Crippen molar-refractivity contribution in [1.29, 1.82) is 0 Å². The van der Waals surface area contributed by atoms with Gasteiger partial charge in [-0.15, -0.1) is 0 Å². The Bertz CT molecular complexity index is 827. The van der Waals surface area contributed by atoms with E-state index in [0.717, 1.165) is 0 Å². The van der Waals surface area contributed by atoms with Gasteiger partial charge >= 0.3 is 5.97 Å². The minimum Gasteiger partial charge on any atom is -0.464 e. The van der Waals surface area contributed by atoms with Crippen LogP contribution in [0.4, 0.5) is 5.69 Å². The van der Waals surface area contributed by atoms with Crippen LogP contribution < -0.4 is 4.72 Å². The van der Waals surface area contributed by atoms with E-state index in [1.165, 1.54) is 23.9 Å². The summed E-state index contributed by atoms with van der Waals surface area (Å²) in [5.74, 6) is -0.605. The zero-order valence-electron chi connectivity index (χ0n) is 12.3. The number of nitrogens with one attached hydrogen (secondary N) is 1. The Morgan fingerprint density at radius 3 is 2.59 bits per heavy atom. The highest BCUT2D eigenvalue weighted by Gasteiger charge is 2.21. The minimum atomic E-state index is -3.81. The fourth-order valence-corrected chi connectivity index (χ4v) is 3.36. The van der Waals surface area contributed by atoms with Crippen molar-refractivity contribution in [3.8, 4) is 0 Å². The number of rotatable bonds is 4. The summed E-state index contributed by atoms with van der Waals surface area (Å²) in [7, 11) is -1.01. The van der Waals surface area contributed by atoms with Crippen LogP contribution in [0.25, 0.3) is 0 Å². The molecule has 22 heavy (non-hydrogen) atoms. The van der Waals surface area contributed by atoms with Gasteiger partial charge in [-0.25, -0.2) is 13.2 Å². The summed E-state index contributed by atoms with van der Waals surface area (Å²) in [5, 5.41) is 0.521. The van der Waals surface area contributed by atoms with Crippen LogP contribution in [0.3, 0.4) is 0 Å². The second-order valence-electron chi connectivity index (χ2n) is 4.73. The molecule has 1 aromatic heterocycles. The number of hydrogen-bond donors (Lipinski definition) is 1. The van der Waals surface area contributed by atoms with E-state index in [0.29, 0.717) is 16.3 Å².